The number of hydrogen-bond acceptors (Lipinski definition) is 7. The SMILES string of the molecule is CNC(=O)c1cc(OCCC/C(=N/N)N(C)N)c(Cl)c([N+](=O)[O-])c1. The van der Waals surface area contributed by atoms with Crippen molar-refractivity contribution in [2.45, 2.75) is 12.8 Å². The molecule has 0 heterocycles. The Morgan fingerprint density at radius 3 is 2.71 bits per heavy atom. The van der Waals surface area contributed by atoms with Crippen LogP contribution in [0.1, 0.15) is 23.2 Å². The molecule has 0 spiro atoms. The summed E-state index contributed by atoms with van der Waals surface area (Å²) in [7, 11) is 3.01. The van der Waals surface area contributed by atoms with Crippen molar-refractivity contribution >= 4 is 29.0 Å². The second-order valence-electron chi connectivity index (χ2n) is 4.75. The molecule has 0 radical (unpaired) electrons. The number of carbonyl (C=O) groups excluding carboxylic acids is 1. The lowest BCUT2D eigenvalue weighted by Crippen LogP contribution is -2.34. The summed E-state index contributed by atoms with van der Waals surface area (Å²) in [4.78, 5) is 22.1. The van der Waals surface area contributed by atoms with E-state index in [9.17, 15) is 14.9 Å². The highest BCUT2D eigenvalue weighted by Gasteiger charge is 2.21. The highest BCUT2D eigenvalue weighted by Crippen LogP contribution is 2.35. The molecule has 132 valence electrons. The molecule has 0 saturated carbocycles. The highest BCUT2D eigenvalue weighted by molar-refractivity contribution is 6.34. The van der Waals surface area contributed by atoms with Gasteiger partial charge in [-0.05, 0) is 12.5 Å². The Morgan fingerprint density at radius 2 is 2.21 bits per heavy atom. The third-order valence-electron chi connectivity index (χ3n) is 3.06. The first-order valence-electron chi connectivity index (χ1n) is 6.89. The third kappa shape index (κ3) is 4.96. The Bertz CT molecular complexity index is 650. The van der Waals surface area contributed by atoms with Crippen LogP contribution < -0.4 is 21.7 Å². The van der Waals surface area contributed by atoms with E-state index in [4.69, 9.17) is 28.0 Å². The van der Waals surface area contributed by atoms with E-state index in [2.05, 4.69) is 10.4 Å². The first-order chi connectivity index (χ1) is 11.3. The second-order valence-corrected chi connectivity index (χ2v) is 5.13. The Labute approximate surface area is 143 Å². The van der Waals surface area contributed by atoms with Crippen molar-refractivity contribution in [3.63, 3.8) is 0 Å². The van der Waals surface area contributed by atoms with E-state index in [1.807, 2.05) is 0 Å². The van der Waals surface area contributed by atoms with Crippen LogP contribution in [0.15, 0.2) is 17.2 Å². The molecule has 11 heteroatoms. The van der Waals surface area contributed by atoms with Gasteiger partial charge in [-0.1, -0.05) is 11.6 Å². The zero-order chi connectivity index (χ0) is 18.3. The number of nitrogens with one attached hydrogen (secondary N) is 1. The molecule has 0 atom stereocenters. The minimum Gasteiger partial charge on any atom is -0.492 e. The maximum Gasteiger partial charge on any atom is 0.292 e. The number of nitro groups is 1. The second kappa shape index (κ2) is 8.89. The first-order valence-corrected chi connectivity index (χ1v) is 7.27. The number of benzene rings is 1. The molecule has 5 N–H and O–H groups in total. The van der Waals surface area contributed by atoms with Crippen LogP contribution in [0.2, 0.25) is 5.02 Å². The van der Waals surface area contributed by atoms with Gasteiger partial charge in [-0.3, -0.25) is 14.9 Å². The molecule has 0 bridgehead atoms. The van der Waals surface area contributed by atoms with Gasteiger partial charge in [-0.25, -0.2) is 5.84 Å². The number of hydrogen-bond donors (Lipinski definition) is 3. The van der Waals surface area contributed by atoms with Gasteiger partial charge >= 0.3 is 0 Å². The number of carbonyl (C=O) groups is 1. The van der Waals surface area contributed by atoms with E-state index >= 15 is 0 Å². The number of ether oxygens (including phenoxy) is 1. The zero-order valence-corrected chi connectivity index (χ0v) is 14.0. The zero-order valence-electron chi connectivity index (χ0n) is 13.3. The fraction of sp³-hybridized carbons (Fsp3) is 0.385. The van der Waals surface area contributed by atoms with Gasteiger partial charge in [0.25, 0.3) is 11.6 Å². The first kappa shape index (κ1) is 19.5. The van der Waals surface area contributed by atoms with Crippen LogP contribution in [-0.2, 0) is 0 Å². The number of nitrogens with zero attached hydrogens (tertiary/aromatic N) is 3. The smallest absolute Gasteiger partial charge is 0.292 e. The lowest BCUT2D eigenvalue weighted by Gasteiger charge is -2.14. The normalized spacial score (nSPS) is 11.1. The van der Waals surface area contributed by atoms with Crippen LogP contribution in [0.4, 0.5) is 5.69 Å². The molecular formula is C13H19ClN6O4. The number of rotatable bonds is 7. The van der Waals surface area contributed by atoms with Crippen molar-refractivity contribution in [1.82, 2.24) is 10.3 Å². The average Bonchev–Trinajstić information content (AvgIpc) is 2.54. The van der Waals surface area contributed by atoms with Gasteiger partial charge < -0.3 is 20.9 Å². The topological polar surface area (TPSA) is 149 Å². The number of nitro benzene ring substituents is 1. The molecular weight excluding hydrogens is 340 g/mol. The Hall–Kier alpha value is -2.59. The van der Waals surface area contributed by atoms with E-state index in [0.29, 0.717) is 18.7 Å². The van der Waals surface area contributed by atoms with Gasteiger partial charge in [-0.15, -0.1) is 0 Å². The lowest BCUT2D eigenvalue weighted by atomic mass is 10.1. The fourth-order valence-electron chi connectivity index (χ4n) is 1.84. The van der Waals surface area contributed by atoms with Gasteiger partial charge in [0.1, 0.15) is 11.6 Å². The van der Waals surface area contributed by atoms with Gasteiger partial charge in [0, 0.05) is 32.1 Å². The van der Waals surface area contributed by atoms with Gasteiger partial charge in [-0.2, -0.15) is 5.10 Å². The van der Waals surface area contributed by atoms with Crippen molar-refractivity contribution in [3.8, 4) is 5.75 Å². The van der Waals surface area contributed by atoms with Gasteiger partial charge in [0.2, 0.25) is 0 Å². The maximum atomic E-state index is 11.7. The molecule has 24 heavy (non-hydrogen) atoms. The van der Waals surface area contributed by atoms with Gasteiger partial charge in [0.15, 0.2) is 5.02 Å². The molecule has 0 aliphatic heterocycles. The van der Waals surface area contributed by atoms with E-state index < -0.39 is 16.5 Å². The van der Waals surface area contributed by atoms with Crippen LogP contribution >= 0.6 is 11.6 Å². The molecule has 1 amide bonds. The minimum atomic E-state index is -0.676. The van der Waals surface area contributed by atoms with Crippen molar-refractivity contribution in [2.75, 3.05) is 20.7 Å². The number of hydrazine groups is 1. The van der Waals surface area contributed by atoms with Crippen LogP contribution in [0.25, 0.3) is 0 Å². The van der Waals surface area contributed by atoms with E-state index in [-0.39, 0.29) is 22.9 Å². The molecule has 0 aliphatic rings. The summed E-state index contributed by atoms with van der Waals surface area (Å²) in [5, 5.41) is 18.1. The molecule has 10 nitrogen and oxygen atoms in total. The quantitative estimate of drug-likeness (QED) is 0.163. The minimum absolute atomic E-state index is 0.0526. The summed E-state index contributed by atoms with van der Waals surface area (Å²) in [5.74, 6) is 10.8. The number of hydrazone groups is 1. The molecule has 1 aromatic carbocycles. The number of halogens is 1. The number of nitrogens with two attached hydrogens (primary N) is 2. The van der Waals surface area contributed by atoms with Crippen LogP contribution in [0.5, 0.6) is 5.75 Å². The third-order valence-corrected chi connectivity index (χ3v) is 3.44. The van der Waals surface area contributed by atoms with E-state index in [1.165, 1.54) is 18.1 Å². The van der Waals surface area contributed by atoms with Gasteiger partial charge in [0.05, 0.1) is 11.5 Å². The monoisotopic (exact) mass is 358 g/mol. The van der Waals surface area contributed by atoms with E-state index in [1.54, 1.807) is 7.05 Å². The largest absolute Gasteiger partial charge is 0.492 e. The van der Waals surface area contributed by atoms with Crippen molar-refractivity contribution < 1.29 is 14.5 Å². The number of amides is 1. The Balaban J connectivity index is 2.88. The van der Waals surface area contributed by atoms with Crippen LogP contribution in [-0.4, -0.2) is 42.4 Å². The molecule has 0 unspecified atom stereocenters. The molecule has 1 aromatic rings. The summed E-state index contributed by atoms with van der Waals surface area (Å²) >= 11 is 5.97. The van der Waals surface area contributed by atoms with Crippen molar-refractivity contribution in [1.29, 1.82) is 0 Å². The summed E-state index contributed by atoms with van der Waals surface area (Å²) in [6.45, 7) is 0.181. The maximum absolute atomic E-state index is 11.7. The summed E-state index contributed by atoms with van der Waals surface area (Å²) in [6.07, 6.45) is 0.935. The molecule has 0 saturated heterocycles. The summed E-state index contributed by atoms with van der Waals surface area (Å²) in [5.41, 5.74) is -0.326. The lowest BCUT2D eigenvalue weighted by molar-refractivity contribution is -0.384. The predicted octanol–water partition coefficient (Wildman–Crippen LogP) is 0.844. The molecule has 0 aromatic heterocycles. The molecule has 1 rings (SSSR count). The van der Waals surface area contributed by atoms with Crippen molar-refractivity contribution in [3.05, 3.63) is 32.8 Å². The molecule has 0 fully saturated rings. The standard InChI is InChI=1S/C13H19ClN6O4/c1-17-13(21)8-6-9(20(22)23)12(14)10(7-8)24-5-3-4-11(18-15)19(2)16/h6-7H,3-5,15-16H2,1-2H3,(H,17,21)/b18-11-. The van der Waals surface area contributed by atoms with Crippen LogP contribution in [0, 0.1) is 10.1 Å². The Morgan fingerprint density at radius 1 is 1.54 bits per heavy atom. The Kier molecular flexibility index (Phi) is 7.21. The van der Waals surface area contributed by atoms with Crippen molar-refractivity contribution in [2.24, 2.45) is 16.8 Å². The average molecular weight is 359 g/mol. The van der Waals surface area contributed by atoms with Crippen LogP contribution in [0.3, 0.4) is 0 Å². The molecule has 0 aliphatic carbocycles. The summed E-state index contributed by atoms with van der Waals surface area (Å²) < 4.78 is 5.47. The summed E-state index contributed by atoms with van der Waals surface area (Å²) in [6, 6.07) is 2.44. The van der Waals surface area contributed by atoms with E-state index in [0.717, 1.165) is 6.07 Å². The highest BCUT2D eigenvalue weighted by atomic mass is 35.5. The fourth-order valence-corrected chi connectivity index (χ4v) is 2.07. The predicted molar refractivity (Wildman–Crippen MR) is 89.8 cm³/mol. The number of amidine groups is 1.